The molecule has 2 aromatic rings. The fourth-order valence-corrected chi connectivity index (χ4v) is 2.12. The Morgan fingerprint density at radius 2 is 2.33 bits per heavy atom. The summed E-state index contributed by atoms with van der Waals surface area (Å²) >= 11 is 3.09. The highest BCUT2D eigenvalue weighted by Crippen LogP contribution is 2.46. The molecule has 94 valence electrons. The van der Waals surface area contributed by atoms with Crippen LogP contribution < -0.4 is 5.32 Å². The lowest BCUT2D eigenvalue weighted by molar-refractivity contribution is -0.120. The quantitative estimate of drug-likeness (QED) is 0.894. The molecule has 1 aliphatic carbocycles. The average Bonchev–Trinajstić information content (AvgIpc) is 2.96. The van der Waals surface area contributed by atoms with Crippen molar-refractivity contribution in [3.8, 4) is 0 Å². The Bertz CT molecular complexity index is 648. The summed E-state index contributed by atoms with van der Waals surface area (Å²) in [5.74, 6) is -0.486. The van der Waals surface area contributed by atoms with Crippen LogP contribution in [0.15, 0.2) is 16.9 Å². The maximum atomic E-state index is 14.0. The van der Waals surface area contributed by atoms with E-state index in [1.165, 1.54) is 6.20 Å². The zero-order valence-electron chi connectivity index (χ0n) is 9.68. The second kappa shape index (κ2) is 3.78. The fraction of sp³-hybridized carbons (Fsp3) is 0.333. The number of hydrogen-bond acceptors (Lipinski definition) is 2. The molecule has 0 aromatic carbocycles. The smallest absolute Gasteiger partial charge is 0.230 e. The Morgan fingerprint density at radius 3 is 3.00 bits per heavy atom. The van der Waals surface area contributed by atoms with E-state index in [4.69, 9.17) is 0 Å². The van der Waals surface area contributed by atoms with Gasteiger partial charge in [0.15, 0.2) is 5.82 Å². The van der Waals surface area contributed by atoms with E-state index in [0.717, 1.165) is 12.8 Å². The summed E-state index contributed by atoms with van der Waals surface area (Å²) in [5.41, 5.74) is 0.570. The number of carbonyl (C=O) groups excluding carboxylic acids is 1. The lowest BCUT2D eigenvalue weighted by atomic mass is 10.1. The number of hydrogen-bond donors (Lipinski definition) is 2. The number of carbonyl (C=O) groups is 1. The van der Waals surface area contributed by atoms with E-state index in [9.17, 15) is 9.18 Å². The molecule has 2 aromatic heterocycles. The predicted molar refractivity (Wildman–Crippen MR) is 69.7 cm³/mol. The molecule has 0 aliphatic heterocycles. The maximum absolute atomic E-state index is 14.0. The molecule has 0 atom stereocenters. The minimum Gasteiger partial charge on any atom is -0.344 e. The van der Waals surface area contributed by atoms with E-state index in [-0.39, 0.29) is 15.8 Å². The van der Waals surface area contributed by atoms with Crippen molar-refractivity contribution in [3.63, 3.8) is 0 Å². The molecule has 3 rings (SSSR count). The van der Waals surface area contributed by atoms with Crippen molar-refractivity contribution in [1.29, 1.82) is 0 Å². The van der Waals surface area contributed by atoms with Gasteiger partial charge in [-0.1, -0.05) is 6.92 Å². The van der Waals surface area contributed by atoms with Crippen molar-refractivity contribution in [3.05, 3.63) is 22.7 Å². The number of amides is 1. The van der Waals surface area contributed by atoms with Crippen LogP contribution in [-0.2, 0) is 4.79 Å². The molecule has 1 saturated carbocycles. The van der Waals surface area contributed by atoms with Crippen LogP contribution >= 0.6 is 15.9 Å². The molecule has 4 nitrogen and oxygen atoms in total. The lowest BCUT2D eigenvalue weighted by Crippen LogP contribution is -2.21. The summed E-state index contributed by atoms with van der Waals surface area (Å²) in [6, 6.07) is 0. The van der Waals surface area contributed by atoms with Gasteiger partial charge >= 0.3 is 0 Å². The number of fused-ring (bicyclic) bond motifs is 1. The number of aromatic nitrogens is 2. The summed E-state index contributed by atoms with van der Waals surface area (Å²) in [7, 11) is 0. The van der Waals surface area contributed by atoms with Crippen LogP contribution in [0.2, 0.25) is 0 Å². The van der Waals surface area contributed by atoms with E-state index < -0.39 is 5.82 Å². The standard InChI is InChI=1S/C12H11BrFN3O/c1-12(2-3-12)11(18)17-7-5-16-10-8(7)9(14)6(13)4-15-10/h4-5H,2-3H2,1H3,(H,15,16)(H,17,18). The van der Waals surface area contributed by atoms with Gasteiger partial charge < -0.3 is 10.3 Å². The lowest BCUT2D eigenvalue weighted by Gasteiger charge is -2.09. The van der Waals surface area contributed by atoms with Crippen molar-refractivity contribution in [2.75, 3.05) is 5.32 Å². The molecule has 0 bridgehead atoms. The SMILES string of the molecule is CC1(C(=O)Nc2c[nH]c3ncc(Br)c(F)c23)CC1. The van der Waals surface area contributed by atoms with Gasteiger partial charge in [-0.15, -0.1) is 0 Å². The van der Waals surface area contributed by atoms with Crippen LogP contribution in [0.3, 0.4) is 0 Å². The molecule has 0 saturated heterocycles. The van der Waals surface area contributed by atoms with Crippen molar-refractivity contribution in [1.82, 2.24) is 9.97 Å². The first kappa shape index (κ1) is 11.6. The van der Waals surface area contributed by atoms with E-state index in [1.54, 1.807) is 6.20 Å². The van der Waals surface area contributed by atoms with Gasteiger partial charge in [0.1, 0.15) is 5.65 Å². The fourth-order valence-electron chi connectivity index (χ4n) is 1.82. The van der Waals surface area contributed by atoms with Gasteiger partial charge in [-0.3, -0.25) is 4.79 Å². The van der Waals surface area contributed by atoms with E-state index >= 15 is 0 Å². The first-order chi connectivity index (χ1) is 8.51. The minimum absolute atomic E-state index is 0.0669. The summed E-state index contributed by atoms with van der Waals surface area (Å²) in [4.78, 5) is 18.9. The minimum atomic E-state index is -0.419. The third kappa shape index (κ3) is 1.71. The second-order valence-electron chi connectivity index (χ2n) is 4.86. The van der Waals surface area contributed by atoms with Gasteiger partial charge in [-0.2, -0.15) is 0 Å². The Labute approximate surface area is 111 Å². The van der Waals surface area contributed by atoms with Gasteiger partial charge in [0.25, 0.3) is 0 Å². The molecule has 2 heterocycles. The van der Waals surface area contributed by atoms with Crippen LogP contribution in [-0.4, -0.2) is 15.9 Å². The topological polar surface area (TPSA) is 57.8 Å². The van der Waals surface area contributed by atoms with Crippen LogP contribution in [0, 0.1) is 11.2 Å². The van der Waals surface area contributed by atoms with Crippen LogP contribution in [0.1, 0.15) is 19.8 Å². The number of pyridine rings is 1. The zero-order chi connectivity index (χ0) is 12.9. The average molecular weight is 312 g/mol. The van der Waals surface area contributed by atoms with Gasteiger partial charge in [-0.25, -0.2) is 9.37 Å². The molecule has 18 heavy (non-hydrogen) atoms. The Kier molecular flexibility index (Phi) is 2.45. The van der Waals surface area contributed by atoms with Crippen molar-refractivity contribution >= 4 is 38.6 Å². The molecule has 0 spiro atoms. The largest absolute Gasteiger partial charge is 0.344 e. The second-order valence-corrected chi connectivity index (χ2v) is 5.72. The number of aromatic amines is 1. The van der Waals surface area contributed by atoms with E-state index in [2.05, 4.69) is 31.2 Å². The molecule has 0 radical (unpaired) electrons. The third-order valence-electron chi connectivity index (χ3n) is 3.39. The number of anilines is 1. The van der Waals surface area contributed by atoms with Gasteiger partial charge in [-0.05, 0) is 28.8 Å². The van der Waals surface area contributed by atoms with Crippen molar-refractivity contribution in [2.24, 2.45) is 5.41 Å². The Hall–Kier alpha value is -1.43. The maximum Gasteiger partial charge on any atom is 0.230 e. The highest BCUT2D eigenvalue weighted by Gasteiger charge is 2.45. The molecule has 1 aliphatic rings. The van der Waals surface area contributed by atoms with Crippen LogP contribution in [0.5, 0.6) is 0 Å². The van der Waals surface area contributed by atoms with Gasteiger partial charge in [0.2, 0.25) is 5.91 Å². The summed E-state index contributed by atoms with van der Waals surface area (Å²) in [6.07, 6.45) is 4.72. The van der Waals surface area contributed by atoms with Crippen LogP contribution in [0.4, 0.5) is 10.1 Å². The number of nitrogens with one attached hydrogen (secondary N) is 2. The molecule has 6 heteroatoms. The van der Waals surface area contributed by atoms with Gasteiger partial charge in [0, 0.05) is 17.8 Å². The first-order valence-corrected chi connectivity index (χ1v) is 6.43. The third-order valence-corrected chi connectivity index (χ3v) is 3.94. The highest BCUT2D eigenvalue weighted by atomic mass is 79.9. The zero-order valence-corrected chi connectivity index (χ0v) is 11.3. The molecule has 1 fully saturated rings. The summed E-state index contributed by atoms with van der Waals surface area (Å²) in [6.45, 7) is 1.90. The number of rotatable bonds is 2. The molecular weight excluding hydrogens is 301 g/mol. The van der Waals surface area contributed by atoms with Crippen LogP contribution in [0.25, 0.3) is 11.0 Å². The molecule has 0 unspecified atom stereocenters. The molecular formula is C12H11BrFN3O. The van der Waals surface area contributed by atoms with E-state index in [1.807, 2.05) is 6.92 Å². The van der Waals surface area contributed by atoms with Gasteiger partial charge in [0.05, 0.1) is 15.5 Å². The first-order valence-electron chi connectivity index (χ1n) is 5.64. The molecule has 2 N–H and O–H groups in total. The number of H-pyrrole nitrogens is 1. The summed E-state index contributed by atoms with van der Waals surface area (Å²) < 4.78 is 14.3. The van der Waals surface area contributed by atoms with E-state index in [0.29, 0.717) is 16.7 Å². The molecule has 1 amide bonds. The number of nitrogens with zero attached hydrogens (tertiary/aromatic N) is 1. The highest BCUT2D eigenvalue weighted by molar-refractivity contribution is 9.10. The Morgan fingerprint density at radius 1 is 1.61 bits per heavy atom. The normalized spacial score (nSPS) is 16.8. The Balaban J connectivity index is 2.02. The van der Waals surface area contributed by atoms with Crippen molar-refractivity contribution in [2.45, 2.75) is 19.8 Å². The number of halogens is 2. The summed E-state index contributed by atoms with van der Waals surface area (Å²) in [5, 5.41) is 3.07. The monoisotopic (exact) mass is 311 g/mol. The predicted octanol–water partition coefficient (Wildman–Crippen LogP) is 3.20. The van der Waals surface area contributed by atoms with Crippen molar-refractivity contribution < 1.29 is 9.18 Å².